The molecule has 1 aromatic heterocycles. The molecule has 21 heavy (non-hydrogen) atoms. The SMILES string of the molecule is CCCNC(=O)c1ccc(CS(=O)c2ccc(C)cc2)o1. The summed E-state index contributed by atoms with van der Waals surface area (Å²) in [6, 6.07) is 10.9. The second-order valence-electron chi connectivity index (χ2n) is 4.82. The summed E-state index contributed by atoms with van der Waals surface area (Å²) >= 11 is 0. The molecule has 0 bridgehead atoms. The molecular formula is C16H19NO3S. The van der Waals surface area contributed by atoms with Gasteiger partial charge in [0.25, 0.3) is 5.91 Å². The number of hydrogen-bond donors (Lipinski definition) is 1. The van der Waals surface area contributed by atoms with Crippen LogP contribution in [-0.4, -0.2) is 16.7 Å². The maximum absolute atomic E-state index is 12.2. The molecule has 112 valence electrons. The topological polar surface area (TPSA) is 59.3 Å². The maximum atomic E-state index is 12.2. The Bertz CT molecular complexity index is 631. The standard InChI is InChI=1S/C16H19NO3S/c1-3-10-17-16(18)15-9-6-13(20-15)11-21(19)14-7-4-12(2)5-8-14/h4-9H,3,10-11H2,1-2H3,(H,17,18). The van der Waals surface area contributed by atoms with Crippen molar-refractivity contribution in [3.8, 4) is 0 Å². The second kappa shape index (κ2) is 7.22. The predicted molar refractivity (Wildman–Crippen MR) is 82.6 cm³/mol. The molecule has 0 saturated heterocycles. The molecule has 0 aliphatic heterocycles. The van der Waals surface area contributed by atoms with E-state index < -0.39 is 10.8 Å². The molecule has 0 aliphatic carbocycles. The van der Waals surface area contributed by atoms with Crippen molar-refractivity contribution in [3.63, 3.8) is 0 Å². The molecule has 0 fully saturated rings. The first-order valence-electron chi connectivity index (χ1n) is 6.92. The normalized spacial score (nSPS) is 12.1. The van der Waals surface area contributed by atoms with E-state index in [2.05, 4.69) is 5.32 Å². The van der Waals surface area contributed by atoms with Gasteiger partial charge in [0.2, 0.25) is 0 Å². The molecule has 4 nitrogen and oxygen atoms in total. The van der Waals surface area contributed by atoms with Gasteiger partial charge < -0.3 is 9.73 Å². The highest BCUT2D eigenvalue weighted by Crippen LogP contribution is 2.15. The Morgan fingerprint density at radius 2 is 1.90 bits per heavy atom. The third-order valence-corrected chi connectivity index (χ3v) is 4.32. The van der Waals surface area contributed by atoms with Crippen LogP contribution in [0.25, 0.3) is 0 Å². The van der Waals surface area contributed by atoms with Crippen LogP contribution >= 0.6 is 0 Å². The van der Waals surface area contributed by atoms with Gasteiger partial charge in [0, 0.05) is 11.4 Å². The number of benzene rings is 1. The van der Waals surface area contributed by atoms with Crippen LogP contribution in [0.2, 0.25) is 0 Å². The minimum atomic E-state index is -1.17. The summed E-state index contributed by atoms with van der Waals surface area (Å²) in [7, 11) is -1.17. The average Bonchev–Trinajstić information content (AvgIpc) is 2.94. The first-order chi connectivity index (χ1) is 10.1. The highest BCUT2D eigenvalue weighted by atomic mass is 32.2. The van der Waals surface area contributed by atoms with Crippen LogP contribution < -0.4 is 5.32 Å². The molecule has 1 aromatic carbocycles. The number of carbonyl (C=O) groups is 1. The van der Waals surface area contributed by atoms with Gasteiger partial charge in [-0.05, 0) is 37.6 Å². The van der Waals surface area contributed by atoms with Gasteiger partial charge in [-0.25, -0.2) is 0 Å². The van der Waals surface area contributed by atoms with Crippen LogP contribution in [-0.2, 0) is 16.6 Å². The summed E-state index contributed by atoms with van der Waals surface area (Å²) in [4.78, 5) is 12.5. The van der Waals surface area contributed by atoms with Crippen molar-refractivity contribution in [2.75, 3.05) is 6.54 Å². The van der Waals surface area contributed by atoms with Gasteiger partial charge >= 0.3 is 0 Å². The van der Waals surface area contributed by atoms with Crippen molar-refractivity contribution in [1.29, 1.82) is 0 Å². The monoisotopic (exact) mass is 305 g/mol. The summed E-state index contributed by atoms with van der Waals surface area (Å²) in [5, 5.41) is 2.74. The molecule has 0 aliphatic rings. The largest absolute Gasteiger partial charge is 0.455 e. The van der Waals surface area contributed by atoms with Gasteiger partial charge in [-0.1, -0.05) is 24.6 Å². The van der Waals surface area contributed by atoms with E-state index in [4.69, 9.17) is 4.42 Å². The van der Waals surface area contributed by atoms with Crippen LogP contribution in [0.1, 0.15) is 35.2 Å². The lowest BCUT2D eigenvalue weighted by atomic mass is 10.2. The first-order valence-corrected chi connectivity index (χ1v) is 8.24. The van der Waals surface area contributed by atoms with Gasteiger partial charge in [0.1, 0.15) is 5.76 Å². The lowest BCUT2D eigenvalue weighted by molar-refractivity contribution is 0.0924. The number of hydrogen-bond acceptors (Lipinski definition) is 3. The quantitative estimate of drug-likeness (QED) is 0.892. The van der Waals surface area contributed by atoms with E-state index in [1.54, 1.807) is 12.1 Å². The number of aryl methyl sites for hydroxylation is 1. The molecule has 0 spiro atoms. The molecule has 2 aromatic rings. The highest BCUT2D eigenvalue weighted by Gasteiger charge is 2.13. The van der Waals surface area contributed by atoms with Gasteiger partial charge in [0.05, 0.1) is 16.6 Å². The molecule has 1 unspecified atom stereocenters. The zero-order chi connectivity index (χ0) is 15.2. The molecule has 0 radical (unpaired) electrons. The zero-order valence-electron chi connectivity index (χ0n) is 12.2. The molecule has 1 N–H and O–H groups in total. The molecule has 1 heterocycles. The van der Waals surface area contributed by atoms with Crippen molar-refractivity contribution in [1.82, 2.24) is 5.32 Å². The van der Waals surface area contributed by atoms with Gasteiger partial charge in [-0.15, -0.1) is 0 Å². The Morgan fingerprint density at radius 1 is 1.19 bits per heavy atom. The van der Waals surface area contributed by atoms with E-state index in [-0.39, 0.29) is 17.4 Å². The third-order valence-electron chi connectivity index (χ3n) is 2.98. The Morgan fingerprint density at radius 3 is 2.57 bits per heavy atom. The van der Waals surface area contributed by atoms with E-state index in [1.165, 1.54) is 0 Å². The fourth-order valence-corrected chi connectivity index (χ4v) is 2.83. The van der Waals surface area contributed by atoms with E-state index in [0.29, 0.717) is 12.3 Å². The molecule has 0 saturated carbocycles. The fraction of sp³-hybridized carbons (Fsp3) is 0.312. The third kappa shape index (κ3) is 4.29. The summed E-state index contributed by atoms with van der Waals surface area (Å²) in [6.45, 7) is 4.59. The maximum Gasteiger partial charge on any atom is 0.286 e. The van der Waals surface area contributed by atoms with Crippen LogP contribution in [0.15, 0.2) is 45.7 Å². The van der Waals surface area contributed by atoms with Gasteiger partial charge in [-0.2, -0.15) is 0 Å². The van der Waals surface area contributed by atoms with Gasteiger partial charge in [0.15, 0.2) is 5.76 Å². The minimum absolute atomic E-state index is 0.232. The molecule has 1 atom stereocenters. The Balaban J connectivity index is 2.00. The summed E-state index contributed by atoms with van der Waals surface area (Å²) in [5.74, 6) is 0.851. The number of carbonyl (C=O) groups excluding carboxylic acids is 1. The second-order valence-corrected chi connectivity index (χ2v) is 6.28. The van der Waals surface area contributed by atoms with Crippen molar-refractivity contribution < 1.29 is 13.4 Å². The molecule has 2 rings (SSSR count). The molecular weight excluding hydrogens is 286 g/mol. The van der Waals surface area contributed by atoms with Crippen molar-refractivity contribution in [3.05, 3.63) is 53.5 Å². The first kappa shape index (κ1) is 15.5. The van der Waals surface area contributed by atoms with E-state index >= 15 is 0 Å². The number of rotatable bonds is 6. The van der Waals surface area contributed by atoms with Crippen molar-refractivity contribution >= 4 is 16.7 Å². The van der Waals surface area contributed by atoms with Crippen LogP contribution in [0, 0.1) is 6.92 Å². The lowest BCUT2D eigenvalue weighted by Gasteiger charge is -2.02. The summed E-state index contributed by atoms with van der Waals surface area (Å²) in [5.41, 5.74) is 1.13. The summed E-state index contributed by atoms with van der Waals surface area (Å²) in [6.07, 6.45) is 0.872. The van der Waals surface area contributed by atoms with Crippen molar-refractivity contribution in [2.24, 2.45) is 0 Å². The lowest BCUT2D eigenvalue weighted by Crippen LogP contribution is -2.23. The van der Waals surface area contributed by atoms with E-state index in [0.717, 1.165) is 16.9 Å². The van der Waals surface area contributed by atoms with E-state index in [1.807, 2.05) is 38.1 Å². The number of furan rings is 1. The highest BCUT2D eigenvalue weighted by molar-refractivity contribution is 7.84. The summed E-state index contributed by atoms with van der Waals surface area (Å²) < 4.78 is 17.7. The number of nitrogens with one attached hydrogen (secondary N) is 1. The minimum Gasteiger partial charge on any atom is -0.455 e. The van der Waals surface area contributed by atoms with Crippen molar-refractivity contribution in [2.45, 2.75) is 30.9 Å². The van der Waals surface area contributed by atoms with Crippen LogP contribution in [0.3, 0.4) is 0 Å². The van der Waals surface area contributed by atoms with E-state index in [9.17, 15) is 9.00 Å². The Labute approximate surface area is 127 Å². The predicted octanol–water partition coefficient (Wildman–Crippen LogP) is 3.04. The Kier molecular flexibility index (Phi) is 5.33. The Hall–Kier alpha value is -1.88. The molecule has 5 heteroatoms. The zero-order valence-corrected chi connectivity index (χ0v) is 13.0. The number of amides is 1. The fourth-order valence-electron chi connectivity index (χ4n) is 1.81. The van der Waals surface area contributed by atoms with Gasteiger partial charge in [-0.3, -0.25) is 9.00 Å². The van der Waals surface area contributed by atoms with Crippen LogP contribution in [0.5, 0.6) is 0 Å². The smallest absolute Gasteiger partial charge is 0.286 e. The molecule has 1 amide bonds. The average molecular weight is 305 g/mol. The van der Waals surface area contributed by atoms with Crippen LogP contribution in [0.4, 0.5) is 0 Å².